The van der Waals surface area contributed by atoms with Gasteiger partial charge in [0.15, 0.2) is 11.3 Å². The molecule has 0 aliphatic rings. The van der Waals surface area contributed by atoms with E-state index >= 15 is 0 Å². The molecule has 3 heteroatoms. The lowest BCUT2D eigenvalue weighted by atomic mass is 10.2. The summed E-state index contributed by atoms with van der Waals surface area (Å²) in [6.07, 6.45) is 0. The smallest absolute Gasteiger partial charge is 0.180 e. The molecule has 1 aromatic heterocycles. The molecule has 0 saturated carbocycles. The van der Waals surface area contributed by atoms with Gasteiger partial charge in [-0.05, 0) is 25.1 Å². The Balaban J connectivity index is 2.82. The van der Waals surface area contributed by atoms with Crippen molar-refractivity contribution in [2.24, 2.45) is 0 Å². The average Bonchev–Trinajstić information content (AvgIpc) is 2.45. The van der Waals surface area contributed by atoms with Crippen molar-refractivity contribution in [1.82, 2.24) is 0 Å². The zero-order chi connectivity index (χ0) is 9.42. The van der Waals surface area contributed by atoms with E-state index in [0.717, 1.165) is 11.1 Å². The highest BCUT2D eigenvalue weighted by atomic mass is 35.5. The third kappa shape index (κ3) is 1.27. The van der Waals surface area contributed by atoms with Crippen LogP contribution in [0, 0.1) is 6.92 Å². The maximum Gasteiger partial charge on any atom is 0.180 e. The number of benzene rings is 1. The van der Waals surface area contributed by atoms with Crippen LogP contribution in [0.25, 0.3) is 11.0 Å². The molecule has 2 nitrogen and oxygen atoms in total. The normalized spacial score (nSPS) is 10.7. The summed E-state index contributed by atoms with van der Waals surface area (Å²) in [5.74, 6) is 1.46. The van der Waals surface area contributed by atoms with Gasteiger partial charge in [0, 0.05) is 5.39 Å². The second kappa shape index (κ2) is 2.96. The molecule has 0 atom stereocenters. The Bertz CT molecular complexity index is 445. The fourth-order valence-corrected chi connectivity index (χ4v) is 1.60. The van der Waals surface area contributed by atoms with Crippen LogP contribution in [0.5, 0.6) is 5.75 Å². The molecule has 2 aromatic rings. The summed E-state index contributed by atoms with van der Waals surface area (Å²) < 4.78 is 10.6. The molecule has 0 spiro atoms. The monoisotopic (exact) mass is 196 g/mol. The van der Waals surface area contributed by atoms with Gasteiger partial charge >= 0.3 is 0 Å². The Labute approximate surface area is 81.1 Å². The number of aryl methyl sites for hydroxylation is 1. The molecule has 0 saturated heterocycles. The van der Waals surface area contributed by atoms with Crippen LogP contribution in [-0.2, 0) is 0 Å². The molecule has 0 bridgehead atoms. The van der Waals surface area contributed by atoms with Gasteiger partial charge in [0.05, 0.1) is 12.1 Å². The van der Waals surface area contributed by atoms with E-state index in [4.69, 9.17) is 20.8 Å². The quantitative estimate of drug-likeness (QED) is 0.698. The lowest BCUT2D eigenvalue weighted by molar-refractivity contribution is 0.409. The number of rotatable bonds is 1. The van der Waals surface area contributed by atoms with Crippen molar-refractivity contribution >= 4 is 22.6 Å². The van der Waals surface area contributed by atoms with Crippen molar-refractivity contribution in [2.45, 2.75) is 6.92 Å². The first-order valence-electron chi connectivity index (χ1n) is 3.95. The number of methoxy groups -OCH3 is 1. The number of fused-ring (bicyclic) bond motifs is 1. The molecule has 0 fully saturated rings. The molecule has 0 unspecified atom stereocenters. The molecule has 1 aromatic carbocycles. The van der Waals surface area contributed by atoms with E-state index in [0.29, 0.717) is 16.4 Å². The molecule has 0 amide bonds. The van der Waals surface area contributed by atoms with E-state index in [9.17, 15) is 0 Å². The Kier molecular flexibility index (Phi) is 1.93. The first-order valence-corrected chi connectivity index (χ1v) is 4.33. The van der Waals surface area contributed by atoms with E-state index in [1.807, 2.05) is 19.1 Å². The van der Waals surface area contributed by atoms with Crippen LogP contribution >= 0.6 is 11.6 Å². The molecular weight excluding hydrogens is 188 g/mol. The Morgan fingerprint density at radius 1 is 1.38 bits per heavy atom. The second-order valence-electron chi connectivity index (χ2n) is 2.86. The van der Waals surface area contributed by atoms with Gasteiger partial charge in [-0.3, -0.25) is 0 Å². The predicted molar refractivity (Wildman–Crippen MR) is 52.5 cm³/mol. The van der Waals surface area contributed by atoms with Crippen molar-refractivity contribution < 1.29 is 9.15 Å². The lowest BCUT2D eigenvalue weighted by Crippen LogP contribution is -1.83. The van der Waals surface area contributed by atoms with Crippen LogP contribution in [0.2, 0.25) is 5.02 Å². The molecule has 0 radical (unpaired) electrons. The van der Waals surface area contributed by atoms with E-state index in [2.05, 4.69) is 0 Å². The predicted octanol–water partition coefficient (Wildman–Crippen LogP) is 3.40. The largest absolute Gasteiger partial charge is 0.491 e. The molecule has 13 heavy (non-hydrogen) atoms. The molecule has 0 aliphatic carbocycles. The lowest BCUT2D eigenvalue weighted by Gasteiger charge is -2.01. The maximum atomic E-state index is 5.93. The van der Waals surface area contributed by atoms with Gasteiger partial charge < -0.3 is 9.15 Å². The summed E-state index contributed by atoms with van der Waals surface area (Å²) in [7, 11) is 1.58. The Morgan fingerprint density at radius 3 is 2.85 bits per heavy atom. The molecule has 68 valence electrons. The van der Waals surface area contributed by atoms with Crippen LogP contribution < -0.4 is 4.74 Å². The van der Waals surface area contributed by atoms with Gasteiger partial charge in [-0.1, -0.05) is 11.6 Å². The van der Waals surface area contributed by atoms with Gasteiger partial charge in [0.1, 0.15) is 5.76 Å². The Morgan fingerprint density at radius 2 is 2.15 bits per heavy atom. The van der Waals surface area contributed by atoms with E-state index in [1.54, 1.807) is 13.2 Å². The number of furan rings is 1. The third-order valence-electron chi connectivity index (χ3n) is 1.92. The fraction of sp³-hybridized carbons (Fsp3) is 0.200. The highest BCUT2D eigenvalue weighted by molar-refractivity contribution is 6.33. The molecule has 0 aliphatic heterocycles. The van der Waals surface area contributed by atoms with E-state index in [-0.39, 0.29) is 0 Å². The SMILES string of the molecule is COc1c(Cl)ccc2cc(C)oc12. The maximum absolute atomic E-state index is 5.93. The van der Waals surface area contributed by atoms with Crippen LogP contribution in [-0.4, -0.2) is 7.11 Å². The van der Waals surface area contributed by atoms with Gasteiger partial charge in [-0.2, -0.15) is 0 Å². The minimum atomic E-state index is 0.573. The first kappa shape index (κ1) is 8.45. The summed E-state index contributed by atoms with van der Waals surface area (Å²) >= 11 is 5.93. The molecular formula is C10H9ClO2. The van der Waals surface area contributed by atoms with Gasteiger partial charge in [0.2, 0.25) is 0 Å². The number of hydrogen-bond acceptors (Lipinski definition) is 2. The summed E-state index contributed by atoms with van der Waals surface area (Å²) in [5.41, 5.74) is 0.715. The Hall–Kier alpha value is -1.15. The highest BCUT2D eigenvalue weighted by Gasteiger charge is 2.10. The highest BCUT2D eigenvalue weighted by Crippen LogP contribution is 2.34. The van der Waals surface area contributed by atoms with Crippen molar-refractivity contribution in [3.8, 4) is 5.75 Å². The fourth-order valence-electron chi connectivity index (χ4n) is 1.37. The third-order valence-corrected chi connectivity index (χ3v) is 2.22. The molecule has 2 rings (SSSR count). The van der Waals surface area contributed by atoms with Crippen LogP contribution in [0.15, 0.2) is 22.6 Å². The number of halogens is 1. The zero-order valence-corrected chi connectivity index (χ0v) is 8.18. The van der Waals surface area contributed by atoms with Crippen molar-refractivity contribution in [3.05, 3.63) is 29.0 Å². The second-order valence-corrected chi connectivity index (χ2v) is 3.26. The standard InChI is InChI=1S/C10H9ClO2/c1-6-5-7-3-4-8(11)10(12-2)9(7)13-6/h3-5H,1-2H3. The first-order chi connectivity index (χ1) is 6.22. The van der Waals surface area contributed by atoms with Crippen LogP contribution in [0.3, 0.4) is 0 Å². The van der Waals surface area contributed by atoms with E-state index < -0.39 is 0 Å². The summed E-state index contributed by atoms with van der Waals surface area (Å²) in [4.78, 5) is 0. The van der Waals surface area contributed by atoms with Crippen molar-refractivity contribution in [3.63, 3.8) is 0 Å². The summed E-state index contributed by atoms with van der Waals surface area (Å²) in [5, 5.41) is 1.59. The summed E-state index contributed by atoms with van der Waals surface area (Å²) in [6.45, 7) is 1.90. The minimum absolute atomic E-state index is 0.573. The van der Waals surface area contributed by atoms with Gasteiger partial charge in [-0.25, -0.2) is 0 Å². The number of ether oxygens (including phenoxy) is 1. The van der Waals surface area contributed by atoms with Crippen LogP contribution in [0.1, 0.15) is 5.76 Å². The van der Waals surface area contributed by atoms with E-state index in [1.165, 1.54) is 0 Å². The zero-order valence-electron chi connectivity index (χ0n) is 7.43. The minimum Gasteiger partial charge on any atom is -0.491 e. The van der Waals surface area contributed by atoms with Crippen molar-refractivity contribution in [1.29, 1.82) is 0 Å². The summed E-state index contributed by atoms with van der Waals surface area (Å²) in [6, 6.07) is 5.67. The van der Waals surface area contributed by atoms with Crippen LogP contribution in [0.4, 0.5) is 0 Å². The molecule has 0 N–H and O–H groups in total. The molecule has 1 heterocycles. The van der Waals surface area contributed by atoms with Gasteiger partial charge in [0.25, 0.3) is 0 Å². The topological polar surface area (TPSA) is 22.4 Å². The van der Waals surface area contributed by atoms with Crippen molar-refractivity contribution in [2.75, 3.05) is 7.11 Å². The average molecular weight is 197 g/mol. The van der Waals surface area contributed by atoms with Gasteiger partial charge in [-0.15, -0.1) is 0 Å². The number of hydrogen-bond donors (Lipinski definition) is 0.